The average molecular weight is 769 g/mol. The molecule has 0 saturated heterocycles. The Morgan fingerprint density at radius 3 is 0.982 bits per heavy atom. The summed E-state index contributed by atoms with van der Waals surface area (Å²) in [4.78, 5) is 30.6. The molecule has 2 nitrogen and oxygen atoms in total. The summed E-state index contributed by atoms with van der Waals surface area (Å²) in [6, 6.07) is 34.9. The predicted molar refractivity (Wildman–Crippen MR) is 244 cm³/mol. The first-order valence-corrected chi connectivity index (χ1v) is 21.0. The Hall–Kier alpha value is -5.12. The maximum absolute atomic E-state index is 14.2. The molecular weight excluding hydrogens is 713 g/mol. The van der Waals surface area contributed by atoms with E-state index in [9.17, 15) is 9.59 Å². The van der Waals surface area contributed by atoms with Crippen LogP contribution in [0.25, 0.3) is 32.7 Å². The second kappa shape index (κ2) is 14.4. The van der Waals surface area contributed by atoms with Gasteiger partial charge in [0, 0.05) is 43.2 Å². The summed E-state index contributed by atoms with van der Waals surface area (Å²) in [5, 5.41) is 4.71. The molecule has 7 rings (SSSR count). The molecule has 0 unspecified atom stereocenters. The van der Waals surface area contributed by atoms with Crippen LogP contribution in [0.2, 0.25) is 0 Å². The Bertz CT molecular complexity index is 2410. The van der Waals surface area contributed by atoms with Crippen molar-refractivity contribution in [3.05, 3.63) is 176 Å². The van der Waals surface area contributed by atoms with Gasteiger partial charge in [0.05, 0.1) is 0 Å². The van der Waals surface area contributed by atoms with Crippen LogP contribution in [0.15, 0.2) is 155 Å². The number of Topliss-reactive ketones (excluding diaryl/α,β-unsaturated/α-hetero) is 2. The van der Waals surface area contributed by atoms with E-state index in [-0.39, 0.29) is 33.2 Å². The molecule has 0 N–H and O–H groups in total. The number of carbonyl (C=O) groups excluding carboxylic acids is 2. The monoisotopic (exact) mass is 768 g/mol. The Morgan fingerprint density at radius 2 is 0.684 bits per heavy atom. The fraction of sp³-hybridized carbons (Fsp3) is 0.296. The van der Waals surface area contributed by atoms with Crippen molar-refractivity contribution in [1.82, 2.24) is 0 Å². The number of ketones is 2. The van der Waals surface area contributed by atoms with E-state index in [2.05, 4.69) is 204 Å². The summed E-state index contributed by atoms with van der Waals surface area (Å²) in [6.45, 7) is 25.6. The highest BCUT2D eigenvalue weighted by molar-refractivity contribution is 7.14. The zero-order chi connectivity index (χ0) is 41.2. The highest BCUT2D eigenvalue weighted by Crippen LogP contribution is 2.47. The number of benzene rings is 4. The van der Waals surface area contributed by atoms with Crippen molar-refractivity contribution in [2.45, 2.75) is 83.1 Å². The second-order valence-corrected chi connectivity index (χ2v) is 20.9. The molecule has 0 fully saturated rings. The molecule has 3 heteroatoms. The third-order valence-electron chi connectivity index (χ3n) is 11.2. The standard InChI is InChI=1S/C54H56O2S/c1-51(2,3)41-29-39(30-42(49(41)55)52(4,5)6)47(37-23-21-33-17-13-15-19-35(33)27-37)45-25-26-46(57-45)48(38-24-22-34-18-14-16-20-36(34)28-38)40-31-43(53(7,8)9)50(56)44(32-40)54(10,11)12/h13-32H,1-12H3. The van der Waals surface area contributed by atoms with Gasteiger partial charge in [0.15, 0.2) is 11.6 Å². The lowest BCUT2D eigenvalue weighted by Gasteiger charge is -2.32. The van der Waals surface area contributed by atoms with Crippen molar-refractivity contribution in [1.29, 1.82) is 0 Å². The van der Waals surface area contributed by atoms with Crippen LogP contribution in [0, 0.1) is 21.7 Å². The lowest BCUT2D eigenvalue weighted by atomic mass is 9.71. The van der Waals surface area contributed by atoms with Crippen molar-refractivity contribution in [3.63, 3.8) is 0 Å². The van der Waals surface area contributed by atoms with Gasteiger partial charge in [0.1, 0.15) is 0 Å². The predicted octanol–water partition coefficient (Wildman–Crippen LogP) is 14.7. The molecule has 0 radical (unpaired) electrons. The Labute approximate surface area is 344 Å². The van der Waals surface area contributed by atoms with Gasteiger partial charge in [0.2, 0.25) is 0 Å². The number of fused-ring (bicyclic) bond motifs is 2. The number of hydrogen-bond acceptors (Lipinski definition) is 3. The second-order valence-electron chi connectivity index (χ2n) is 19.8. The number of hydrogen-bond donors (Lipinski definition) is 0. The molecule has 1 aromatic heterocycles. The Kier molecular flexibility index (Phi) is 10.1. The summed E-state index contributed by atoms with van der Waals surface area (Å²) in [5.41, 5.74) is 8.42. The van der Waals surface area contributed by atoms with E-state index in [1.165, 1.54) is 21.5 Å². The summed E-state index contributed by atoms with van der Waals surface area (Å²) in [5.74, 6) is 0.253. The van der Waals surface area contributed by atoms with Crippen molar-refractivity contribution in [2.24, 2.45) is 21.7 Å². The molecule has 5 aromatic rings. The molecule has 2 aliphatic carbocycles. The summed E-state index contributed by atoms with van der Waals surface area (Å²) in [6.07, 6.45) is 8.59. The van der Waals surface area contributed by atoms with E-state index in [1.54, 1.807) is 11.3 Å². The van der Waals surface area contributed by atoms with Gasteiger partial charge in [-0.15, -0.1) is 11.3 Å². The minimum Gasteiger partial charge on any atom is -0.289 e. The molecule has 57 heavy (non-hydrogen) atoms. The zero-order valence-corrected chi connectivity index (χ0v) is 36.6. The minimum absolute atomic E-state index is 0.126. The maximum Gasteiger partial charge on any atom is 0.186 e. The largest absolute Gasteiger partial charge is 0.289 e. The number of thiophene rings is 1. The van der Waals surface area contributed by atoms with Crippen LogP contribution in [0.1, 0.15) is 104 Å². The fourth-order valence-electron chi connectivity index (χ4n) is 7.97. The number of carbonyl (C=O) groups is 2. The lowest BCUT2D eigenvalue weighted by Crippen LogP contribution is -2.28. The van der Waals surface area contributed by atoms with E-state index in [0.29, 0.717) is 0 Å². The van der Waals surface area contributed by atoms with Gasteiger partial charge >= 0.3 is 0 Å². The van der Waals surface area contributed by atoms with Gasteiger partial charge in [0.25, 0.3) is 0 Å². The quantitative estimate of drug-likeness (QED) is 0.182. The van der Waals surface area contributed by atoms with Crippen LogP contribution in [0.5, 0.6) is 0 Å². The van der Waals surface area contributed by atoms with Gasteiger partial charge in [-0.1, -0.05) is 156 Å². The van der Waals surface area contributed by atoms with E-state index in [4.69, 9.17) is 0 Å². The first-order valence-electron chi connectivity index (χ1n) is 20.2. The smallest absolute Gasteiger partial charge is 0.186 e. The third-order valence-corrected chi connectivity index (χ3v) is 12.3. The molecular formula is C54H56O2S. The highest BCUT2D eigenvalue weighted by atomic mass is 32.1. The molecule has 290 valence electrons. The van der Waals surface area contributed by atoms with Gasteiger partial charge in [-0.3, -0.25) is 9.59 Å². The number of allylic oxidation sites excluding steroid dienone is 10. The first-order chi connectivity index (χ1) is 26.6. The first kappa shape index (κ1) is 40.1. The van der Waals surface area contributed by atoms with Crippen molar-refractivity contribution in [3.8, 4) is 0 Å². The van der Waals surface area contributed by atoms with E-state index < -0.39 is 0 Å². The fourth-order valence-corrected chi connectivity index (χ4v) is 9.16. The molecule has 0 saturated carbocycles. The molecule has 4 aromatic carbocycles. The van der Waals surface area contributed by atoms with Gasteiger partial charge < -0.3 is 0 Å². The van der Waals surface area contributed by atoms with Crippen LogP contribution in [-0.4, -0.2) is 11.6 Å². The SMILES string of the molecule is CC(C)(C)C1=CC(=C(c2ccc3ccccc3c2)c2ccc(C(=C3C=C(C(C)(C)C)C(=O)C(C(C)(C)C)=C3)c3ccc4ccccc4c3)s2)C=C(C(C)(C)C)C1=O. The Balaban J connectivity index is 1.56. The molecule has 0 bridgehead atoms. The maximum atomic E-state index is 14.2. The van der Waals surface area contributed by atoms with Crippen LogP contribution in [0.3, 0.4) is 0 Å². The molecule has 1 heterocycles. The van der Waals surface area contributed by atoms with Crippen molar-refractivity contribution < 1.29 is 9.59 Å². The van der Waals surface area contributed by atoms with Crippen LogP contribution < -0.4 is 0 Å². The van der Waals surface area contributed by atoms with E-state index >= 15 is 0 Å². The molecule has 0 spiro atoms. The molecule has 2 aliphatic rings. The average Bonchev–Trinajstić information content (AvgIpc) is 3.59. The molecule has 0 amide bonds. The topological polar surface area (TPSA) is 34.1 Å². The molecule has 0 atom stereocenters. The normalized spacial score (nSPS) is 15.8. The number of rotatable bonds is 4. The summed E-state index contributed by atoms with van der Waals surface area (Å²) < 4.78 is 0. The zero-order valence-electron chi connectivity index (χ0n) is 35.8. The third kappa shape index (κ3) is 7.92. The lowest BCUT2D eigenvalue weighted by molar-refractivity contribution is -0.114. The van der Waals surface area contributed by atoms with Crippen LogP contribution in [-0.2, 0) is 9.59 Å². The summed E-state index contributed by atoms with van der Waals surface area (Å²) in [7, 11) is 0. The van der Waals surface area contributed by atoms with Gasteiger partial charge in [-0.2, -0.15) is 0 Å². The van der Waals surface area contributed by atoms with E-state index in [0.717, 1.165) is 65.5 Å². The minimum atomic E-state index is -0.345. The van der Waals surface area contributed by atoms with Crippen LogP contribution >= 0.6 is 11.3 Å². The van der Waals surface area contributed by atoms with Gasteiger partial charge in [-0.25, -0.2) is 0 Å². The van der Waals surface area contributed by atoms with Gasteiger partial charge in [-0.05, 0) is 114 Å². The Morgan fingerprint density at radius 1 is 0.386 bits per heavy atom. The van der Waals surface area contributed by atoms with Crippen LogP contribution in [0.4, 0.5) is 0 Å². The van der Waals surface area contributed by atoms with Crippen molar-refractivity contribution in [2.75, 3.05) is 0 Å². The van der Waals surface area contributed by atoms with E-state index in [1.807, 2.05) is 0 Å². The summed E-state index contributed by atoms with van der Waals surface area (Å²) >= 11 is 1.77. The van der Waals surface area contributed by atoms with Crippen molar-refractivity contribution >= 4 is 55.6 Å². The molecule has 0 aliphatic heterocycles. The highest BCUT2D eigenvalue weighted by Gasteiger charge is 2.37.